The molecule has 0 spiro atoms. The van der Waals surface area contributed by atoms with Crippen molar-refractivity contribution in [3.8, 4) is 11.3 Å². The van der Waals surface area contributed by atoms with E-state index in [9.17, 15) is 4.79 Å². The second kappa shape index (κ2) is 6.17. The SMILES string of the molecule is CCc1ccc(-c2csc(NC(=O)[C@@H](C)Cl)n2)cc1. The number of thiazole rings is 1. The summed E-state index contributed by atoms with van der Waals surface area (Å²) in [6.45, 7) is 3.76. The van der Waals surface area contributed by atoms with E-state index in [4.69, 9.17) is 11.6 Å². The molecule has 0 saturated carbocycles. The molecule has 100 valence electrons. The topological polar surface area (TPSA) is 42.0 Å². The van der Waals surface area contributed by atoms with Crippen LogP contribution in [0.2, 0.25) is 0 Å². The Hall–Kier alpha value is -1.39. The minimum Gasteiger partial charge on any atom is -0.301 e. The van der Waals surface area contributed by atoms with Gasteiger partial charge >= 0.3 is 0 Å². The minimum absolute atomic E-state index is 0.233. The van der Waals surface area contributed by atoms with E-state index in [1.165, 1.54) is 16.9 Å². The zero-order valence-corrected chi connectivity index (χ0v) is 12.4. The predicted molar refractivity (Wildman–Crippen MR) is 80.9 cm³/mol. The number of benzene rings is 1. The number of carbonyl (C=O) groups excluding carboxylic acids is 1. The number of hydrogen-bond acceptors (Lipinski definition) is 3. The number of halogens is 1. The van der Waals surface area contributed by atoms with Crippen LogP contribution in [-0.4, -0.2) is 16.3 Å². The normalized spacial score (nSPS) is 12.2. The van der Waals surface area contributed by atoms with Gasteiger partial charge in [-0.25, -0.2) is 4.98 Å². The van der Waals surface area contributed by atoms with Crippen LogP contribution in [0, 0.1) is 0 Å². The highest BCUT2D eigenvalue weighted by Crippen LogP contribution is 2.25. The first-order valence-corrected chi connectivity index (χ1v) is 7.41. The fraction of sp³-hybridized carbons (Fsp3) is 0.286. The molecular weight excluding hydrogens is 280 g/mol. The highest BCUT2D eigenvalue weighted by molar-refractivity contribution is 7.14. The zero-order chi connectivity index (χ0) is 13.8. The van der Waals surface area contributed by atoms with E-state index in [0.29, 0.717) is 5.13 Å². The molecule has 0 aliphatic heterocycles. The van der Waals surface area contributed by atoms with Crippen molar-refractivity contribution in [1.29, 1.82) is 0 Å². The Morgan fingerprint density at radius 2 is 2.11 bits per heavy atom. The average molecular weight is 295 g/mol. The zero-order valence-electron chi connectivity index (χ0n) is 10.8. The molecule has 2 rings (SSSR count). The average Bonchev–Trinajstić information content (AvgIpc) is 2.87. The third-order valence-electron chi connectivity index (χ3n) is 2.75. The van der Waals surface area contributed by atoms with Crippen LogP contribution in [0.3, 0.4) is 0 Å². The molecule has 3 nitrogen and oxygen atoms in total. The quantitative estimate of drug-likeness (QED) is 0.868. The van der Waals surface area contributed by atoms with Crippen LogP contribution in [0.25, 0.3) is 11.3 Å². The molecule has 1 aromatic carbocycles. The van der Waals surface area contributed by atoms with Crippen molar-refractivity contribution in [3.05, 3.63) is 35.2 Å². The molecule has 0 fully saturated rings. The van der Waals surface area contributed by atoms with E-state index in [-0.39, 0.29) is 5.91 Å². The summed E-state index contributed by atoms with van der Waals surface area (Å²) in [5.74, 6) is -0.233. The van der Waals surface area contributed by atoms with Crippen molar-refractivity contribution in [3.63, 3.8) is 0 Å². The molecule has 5 heteroatoms. The van der Waals surface area contributed by atoms with Gasteiger partial charge in [0.2, 0.25) is 5.91 Å². The number of aromatic nitrogens is 1. The summed E-state index contributed by atoms with van der Waals surface area (Å²) in [5.41, 5.74) is 3.21. The first-order valence-electron chi connectivity index (χ1n) is 6.10. The largest absolute Gasteiger partial charge is 0.301 e. The molecular formula is C14H15ClN2OS. The summed E-state index contributed by atoms with van der Waals surface area (Å²) >= 11 is 7.10. The molecule has 0 aliphatic carbocycles. The molecule has 1 N–H and O–H groups in total. The van der Waals surface area contributed by atoms with Gasteiger partial charge in [0.25, 0.3) is 0 Å². The van der Waals surface area contributed by atoms with E-state index in [2.05, 4.69) is 29.4 Å². The number of nitrogens with zero attached hydrogens (tertiary/aromatic N) is 1. The fourth-order valence-electron chi connectivity index (χ4n) is 1.58. The molecule has 1 atom stereocenters. The van der Waals surface area contributed by atoms with E-state index >= 15 is 0 Å². The third-order valence-corrected chi connectivity index (χ3v) is 3.71. The number of rotatable bonds is 4. The van der Waals surface area contributed by atoms with Gasteiger partial charge in [-0.05, 0) is 18.9 Å². The summed E-state index contributed by atoms with van der Waals surface area (Å²) in [5, 5.41) is 4.63. The van der Waals surface area contributed by atoms with E-state index in [1.54, 1.807) is 6.92 Å². The summed E-state index contributed by atoms with van der Waals surface area (Å²) in [6, 6.07) is 8.27. The van der Waals surface area contributed by atoms with E-state index in [1.807, 2.05) is 17.5 Å². The molecule has 0 unspecified atom stereocenters. The summed E-state index contributed by atoms with van der Waals surface area (Å²) in [6.07, 6.45) is 1.02. The van der Waals surface area contributed by atoms with Crippen LogP contribution in [0.5, 0.6) is 0 Å². The standard InChI is InChI=1S/C14H15ClN2OS/c1-3-10-4-6-11(7-5-10)12-8-19-14(16-12)17-13(18)9(2)15/h4-9H,3H2,1-2H3,(H,16,17,18)/t9-/m1/s1. The lowest BCUT2D eigenvalue weighted by Gasteiger charge is -2.02. The summed E-state index contributed by atoms with van der Waals surface area (Å²) in [4.78, 5) is 15.9. The monoisotopic (exact) mass is 294 g/mol. The highest BCUT2D eigenvalue weighted by Gasteiger charge is 2.12. The highest BCUT2D eigenvalue weighted by atomic mass is 35.5. The summed E-state index contributed by atoms with van der Waals surface area (Å²) in [7, 11) is 0. The molecule has 19 heavy (non-hydrogen) atoms. The first-order chi connectivity index (χ1) is 9.10. The molecule has 0 aliphatic rings. The molecule has 2 aromatic rings. The molecule has 1 heterocycles. The number of carbonyl (C=O) groups is 1. The Bertz CT molecular complexity index is 563. The number of alkyl halides is 1. The molecule has 0 radical (unpaired) electrons. The number of aryl methyl sites for hydroxylation is 1. The molecule has 0 saturated heterocycles. The van der Waals surface area contributed by atoms with Crippen molar-refractivity contribution in [2.24, 2.45) is 0 Å². The Morgan fingerprint density at radius 1 is 1.42 bits per heavy atom. The lowest BCUT2D eigenvalue weighted by molar-refractivity contribution is -0.115. The van der Waals surface area contributed by atoms with E-state index < -0.39 is 5.38 Å². The van der Waals surface area contributed by atoms with Crippen LogP contribution >= 0.6 is 22.9 Å². The van der Waals surface area contributed by atoms with Crippen molar-refractivity contribution < 1.29 is 4.79 Å². The van der Waals surface area contributed by atoms with Gasteiger partial charge in [0.05, 0.1) is 5.69 Å². The van der Waals surface area contributed by atoms with Gasteiger partial charge in [-0.2, -0.15) is 0 Å². The molecule has 1 aromatic heterocycles. The predicted octanol–water partition coefficient (Wildman–Crippen LogP) is 3.94. The van der Waals surface area contributed by atoms with Crippen molar-refractivity contribution in [1.82, 2.24) is 4.98 Å². The number of hydrogen-bond donors (Lipinski definition) is 1. The maximum atomic E-state index is 11.5. The van der Waals surface area contributed by atoms with Crippen LogP contribution in [0.15, 0.2) is 29.6 Å². The minimum atomic E-state index is -0.559. The van der Waals surface area contributed by atoms with Crippen LogP contribution < -0.4 is 5.32 Å². The maximum absolute atomic E-state index is 11.5. The molecule has 1 amide bonds. The third kappa shape index (κ3) is 3.55. The number of anilines is 1. The first kappa shape index (κ1) is 14.0. The van der Waals surface area contributed by atoms with Crippen LogP contribution in [0.1, 0.15) is 19.4 Å². The van der Waals surface area contributed by atoms with Gasteiger partial charge in [-0.15, -0.1) is 22.9 Å². The van der Waals surface area contributed by atoms with Gasteiger partial charge in [0.1, 0.15) is 5.38 Å². The Labute approximate surface area is 121 Å². The van der Waals surface area contributed by atoms with Gasteiger partial charge in [0, 0.05) is 10.9 Å². The van der Waals surface area contributed by atoms with Crippen LogP contribution in [-0.2, 0) is 11.2 Å². The Morgan fingerprint density at radius 3 is 2.68 bits per heavy atom. The van der Waals surface area contributed by atoms with Gasteiger partial charge in [-0.3, -0.25) is 4.79 Å². The fourth-order valence-corrected chi connectivity index (χ4v) is 2.36. The van der Waals surface area contributed by atoms with E-state index in [0.717, 1.165) is 17.7 Å². The smallest absolute Gasteiger partial charge is 0.243 e. The van der Waals surface area contributed by atoms with Crippen molar-refractivity contribution in [2.75, 3.05) is 5.32 Å². The molecule has 0 bridgehead atoms. The van der Waals surface area contributed by atoms with Gasteiger partial charge in [0.15, 0.2) is 5.13 Å². The maximum Gasteiger partial charge on any atom is 0.243 e. The Balaban J connectivity index is 2.13. The number of amides is 1. The van der Waals surface area contributed by atoms with Gasteiger partial charge < -0.3 is 5.32 Å². The number of nitrogens with one attached hydrogen (secondary N) is 1. The second-order valence-corrected chi connectivity index (χ2v) is 5.71. The van der Waals surface area contributed by atoms with Crippen LogP contribution in [0.4, 0.5) is 5.13 Å². The Kier molecular flexibility index (Phi) is 4.56. The lowest BCUT2D eigenvalue weighted by atomic mass is 10.1. The second-order valence-electron chi connectivity index (χ2n) is 4.19. The van der Waals surface area contributed by atoms with Crippen molar-refractivity contribution >= 4 is 34.0 Å². The lowest BCUT2D eigenvalue weighted by Crippen LogP contribution is -2.20. The van der Waals surface area contributed by atoms with Gasteiger partial charge in [-0.1, -0.05) is 31.2 Å². The van der Waals surface area contributed by atoms with Crippen molar-refractivity contribution in [2.45, 2.75) is 25.6 Å². The summed E-state index contributed by atoms with van der Waals surface area (Å²) < 4.78 is 0.